The highest BCUT2D eigenvalue weighted by molar-refractivity contribution is 7.98. The second-order valence-corrected chi connectivity index (χ2v) is 8.25. The summed E-state index contributed by atoms with van der Waals surface area (Å²) >= 11 is 3.58. The molecule has 1 aliphatic rings. The number of nitrogens with zero attached hydrogens (tertiary/aromatic N) is 1. The molecule has 0 saturated carbocycles. The number of aromatic nitrogens is 1. The van der Waals surface area contributed by atoms with E-state index >= 15 is 0 Å². The Hall–Kier alpha value is -1.73. The molecular weight excluding hydrogens is 354 g/mol. The summed E-state index contributed by atoms with van der Waals surface area (Å²) in [5.41, 5.74) is 1.87. The van der Waals surface area contributed by atoms with Gasteiger partial charge in [0.05, 0.1) is 5.56 Å². The Labute approximate surface area is 156 Å². The quantitative estimate of drug-likeness (QED) is 0.813. The summed E-state index contributed by atoms with van der Waals surface area (Å²) in [6.45, 7) is 4.36. The fraction of sp³-hybridized carbons (Fsp3) is 0.444. The third-order valence-corrected chi connectivity index (χ3v) is 6.57. The third kappa shape index (κ3) is 3.93. The van der Waals surface area contributed by atoms with Crippen molar-refractivity contribution in [1.29, 1.82) is 0 Å². The van der Waals surface area contributed by atoms with Gasteiger partial charge in [0.2, 0.25) is 5.91 Å². The predicted octanol–water partition coefficient (Wildman–Crippen LogP) is 2.97. The van der Waals surface area contributed by atoms with Crippen LogP contribution in [0.3, 0.4) is 0 Å². The number of nitrogens with one attached hydrogen (secondary N) is 2. The molecule has 0 aliphatic carbocycles. The van der Waals surface area contributed by atoms with E-state index in [2.05, 4.69) is 10.6 Å². The van der Waals surface area contributed by atoms with Crippen LogP contribution in [-0.4, -0.2) is 34.7 Å². The maximum Gasteiger partial charge on any atom is 0.255 e. The molecule has 5 nitrogen and oxygen atoms in total. The minimum Gasteiger partial charge on any atom is -0.354 e. The van der Waals surface area contributed by atoms with E-state index in [1.165, 1.54) is 4.88 Å². The Morgan fingerprint density at radius 3 is 2.80 bits per heavy atom. The molecule has 25 heavy (non-hydrogen) atoms. The number of fused-ring (bicyclic) bond motifs is 1. The molecule has 0 spiro atoms. The van der Waals surface area contributed by atoms with Crippen molar-refractivity contribution in [3.63, 3.8) is 0 Å². The van der Waals surface area contributed by atoms with Crippen LogP contribution in [0.2, 0.25) is 0 Å². The van der Waals surface area contributed by atoms with Crippen molar-refractivity contribution in [2.45, 2.75) is 38.5 Å². The smallest absolute Gasteiger partial charge is 0.255 e. The van der Waals surface area contributed by atoms with Crippen LogP contribution in [0.4, 0.5) is 0 Å². The van der Waals surface area contributed by atoms with Gasteiger partial charge in [-0.2, -0.15) is 11.8 Å². The Morgan fingerprint density at radius 2 is 2.08 bits per heavy atom. The van der Waals surface area contributed by atoms with E-state index < -0.39 is 6.04 Å². The molecule has 0 radical (unpaired) electrons. The molecule has 134 valence electrons. The molecule has 0 unspecified atom stereocenters. The van der Waals surface area contributed by atoms with Gasteiger partial charge in [0.25, 0.3) is 5.91 Å². The van der Waals surface area contributed by atoms with Gasteiger partial charge in [-0.1, -0.05) is 6.92 Å². The molecule has 7 heteroatoms. The highest BCUT2D eigenvalue weighted by Gasteiger charge is 2.27. The molecule has 0 bridgehead atoms. The first kappa shape index (κ1) is 18.1. The van der Waals surface area contributed by atoms with Crippen LogP contribution in [0.15, 0.2) is 24.5 Å². The first-order chi connectivity index (χ1) is 12.1. The zero-order valence-electron chi connectivity index (χ0n) is 14.5. The van der Waals surface area contributed by atoms with E-state index in [-0.39, 0.29) is 11.8 Å². The lowest BCUT2D eigenvalue weighted by molar-refractivity contribution is -0.122. The number of hydrogen-bond acceptors (Lipinski definition) is 4. The molecule has 0 saturated heterocycles. The van der Waals surface area contributed by atoms with Gasteiger partial charge in [0.15, 0.2) is 0 Å². The van der Waals surface area contributed by atoms with Crippen LogP contribution in [0.25, 0.3) is 5.00 Å². The standard InChI is InChI=1S/C18H23N3O2S2/c1-3-7-19-16(22)12(2)20-17(23)15-13-6-10-24-11-14(13)25-18(15)21-8-4-5-9-21/h4-5,8-9,12H,3,6-7,10-11H2,1-2H3,(H,19,22)(H,20,23)/t12-/m1/s1. The van der Waals surface area contributed by atoms with Gasteiger partial charge in [-0.05, 0) is 43.2 Å². The largest absolute Gasteiger partial charge is 0.354 e. The molecule has 2 aromatic heterocycles. The highest BCUT2D eigenvalue weighted by atomic mass is 32.2. The van der Waals surface area contributed by atoms with Crippen molar-refractivity contribution in [3.8, 4) is 5.00 Å². The number of hydrogen-bond donors (Lipinski definition) is 2. The number of rotatable bonds is 6. The summed E-state index contributed by atoms with van der Waals surface area (Å²) in [4.78, 5) is 26.3. The number of thiophene rings is 1. The number of carbonyl (C=O) groups excluding carboxylic acids is 2. The molecule has 0 aromatic carbocycles. The molecule has 1 atom stereocenters. The van der Waals surface area contributed by atoms with Crippen LogP contribution >= 0.6 is 23.1 Å². The molecule has 1 aliphatic heterocycles. The Kier molecular flexibility index (Phi) is 5.86. The molecule has 2 N–H and O–H groups in total. The Bertz CT molecular complexity index is 753. The summed E-state index contributed by atoms with van der Waals surface area (Å²) in [7, 11) is 0. The zero-order valence-corrected chi connectivity index (χ0v) is 16.1. The van der Waals surface area contributed by atoms with Crippen LogP contribution < -0.4 is 10.6 Å². The van der Waals surface area contributed by atoms with E-state index in [1.54, 1.807) is 18.3 Å². The lowest BCUT2D eigenvalue weighted by Gasteiger charge is -2.16. The van der Waals surface area contributed by atoms with Gasteiger partial charge < -0.3 is 15.2 Å². The molecular formula is C18H23N3O2S2. The fourth-order valence-corrected chi connectivity index (χ4v) is 5.28. The van der Waals surface area contributed by atoms with Crippen molar-refractivity contribution >= 4 is 34.9 Å². The summed E-state index contributed by atoms with van der Waals surface area (Å²) in [6, 6.07) is 3.36. The second kappa shape index (κ2) is 8.10. The van der Waals surface area contributed by atoms with E-state index in [0.29, 0.717) is 6.54 Å². The SMILES string of the molecule is CCCNC(=O)[C@@H](C)NC(=O)c1c(-n2cccc2)sc2c1CCSC2. The average Bonchev–Trinajstić information content (AvgIpc) is 3.26. The van der Waals surface area contributed by atoms with Gasteiger partial charge >= 0.3 is 0 Å². The molecule has 3 rings (SSSR count). The van der Waals surface area contributed by atoms with Gasteiger partial charge in [-0.25, -0.2) is 0 Å². The minimum atomic E-state index is -0.551. The van der Waals surface area contributed by atoms with Gasteiger partial charge in [0, 0.05) is 29.6 Å². The van der Waals surface area contributed by atoms with E-state index in [9.17, 15) is 9.59 Å². The first-order valence-electron chi connectivity index (χ1n) is 8.56. The molecule has 2 aromatic rings. The van der Waals surface area contributed by atoms with E-state index in [1.807, 2.05) is 47.8 Å². The second-order valence-electron chi connectivity index (χ2n) is 6.06. The monoisotopic (exact) mass is 377 g/mol. The molecule has 0 fully saturated rings. The van der Waals surface area contributed by atoms with E-state index in [4.69, 9.17) is 0 Å². The maximum atomic E-state index is 13.0. The number of carbonyl (C=O) groups is 2. The van der Waals surface area contributed by atoms with Crippen molar-refractivity contribution in [3.05, 3.63) is 40.5 Å². The Morgan fingerprint density at radius 1 is 1.32 bits per heavy atom. The lowest BCUT2D eigenvalue weighted by atomic mass is 10.1. The van der Waals surface area contributed by atoms with Gasteiger partial charge in [-0.3, -0.25) is 9.59 Å². The van der Waals surface area contributed by atoms with Crippen LogP contribution in [0.1, 0.15) is 41.1 Å². The zero-order chi connectivity index (χ0) is 17.8. The van der Waals surface area contributed by atoms with Crippen molar-refractivity contribution in [2.24, 2.45) is 0 Å². The summed E-state index contributed by atoms with van der Waals surface area (Å²) in [5, 5.41) is 6.65. The van der Waals surface area contributed by atoms with Gasteiger partial charge in [0.1, 0.15) is 11.0 Å². The number of thioether (sulfide) groups is 1. The summed E-state index contributed by atoms with van der Waals surface area (Å²) in [5.74, 6) is 1.68. The van der Waals surface area contributed by atoms with Crippen molar-refractivity contribution in [2.75, 3.05) is 12.3 Å². The average molecular weight is 378 g/mol. The van der Waals surface area contributed by atoms with Crippen LogP contribution in [0.5, 0.6) is 0 Å². The van der Waals surface area contributed by atoms with Crippen LogP contribution in [-0.2, 0) is 17.0 Å². The normalized spacial score (nSPS) is 14.6. The fourth-order valence-electron chi connectivity index (χ4n) is 2.84. The Balaban J connectivity index is 1.86. The third-order valence-electron chi connectivity index (χ3n) is 4.16. The first-order valence-corrected chi connectivity index (χ1v) is 10.5. The highest BCUT2D eigenvalue weighted by Crippen LogP contribution is 2.38. The van der Waals surface area contributed by atoms with E-state index in [0.717, 1.165) is 40.5 Å². The molecule has 2 amide bonds. The summed E-state index contributed by atoms with van der Waals surface area (Å²) in [6.07, 6.45) is 5.69. The summed E-state index contributed by atoms with van der Waals surface area (Å²) < 4.78 is 1.99. The van der Waals surface area contributed by atoms with Gasteiger partial charge in [-0.15, -0.1) is 11.3 Å². The minimum absolute atomic E-state index is 0.141. The van der Waals surface area contributed by atoms with Crippen molar-refractivity contribution in [1.82, 2.24) is 15.2 Å². The topological polar surface area (TPSA) is 63.1 Å². The number of amides is 2. The lowest BCUT2D eigenvalue weighted by Crippen LogP contribution is -2.45. The predicted molar refractivity (Wildman–Crippen MR) is 104 cm³/mol. The van der Waals surface area contributed by atoms with Crippen molar-refractivity contribution < 1.29 is 9.59 Å². The van der Waals surface area contributed by atoms with Crippen LogP contribution in [0, 0.1) is 0 Å². The maximum absolute atomic E-state index is 13.0. The molecule has 3 heterocycles.